The quantitative estimate of drug-likeness (QED) is 0.410. The molecule has 1 aromatic rings. The Balaban J connectivity index is 2.06. The number of carbonyl (C=O) groups excluding carboxylic acids is 3. The van der Waals surface area contributed by atoms with Crippen molar-refractivity contribution in [3.8, 4) is 0 Å². The molecule has 2 unspecified atom stereocenters. The third-order valence-electron chi connectivity index (χ3n) is 4.62. The lowest BCUT2D eigenvalue weighted by atomic mass is 9.91. The lowest BCUT2D eigenvalue weighted by Crippen LogP contribution is -2.44. The number of ether oxygens (including phenoxy) is 1. The van der Waals surface area contributed by atoms with Gasteiger partial charge in [0, 0.05) is 25.2 Å². The maximum atomic E-state index is 12.2. The van der Waals surface area contributed by atoms with Gasteiger partial charge in [-0.1, -0.05) is 13.8 Å². The van der Waals surface area contributed by atoms with Crippen LogP contribution in [0.15, 0.2) is 18.2 Å². The summed E-state index contributed by atoms with van der Waals surface area (Å²) in [5, 5.41) is 16.1. The van der Waals surface area contributed by atoms with E-state index in [1.165, 1.54) is 12.1 Å². The summed E-state index contributed by atoms with van der Waals surface area (Å²) in [7, 11) is 0. The zero-order valence-corrected chi connectivity index (χ0v) is 17.6. The zero-order valence-electron chi connectivity index (χ0n) is 17.6. The minimum Gasteiger partial charge on any atom is -0.452 e. The van der Waals surface area contributed by atoms with E-state index in [1.54, 1.807) is 13.8 Å². The van der Waals surface area contributed by atoms with Gasteiger partial charge < -0.3 is 15.0 Å². The predicted octanol–water partition coefficient (Wildman–Crippen LogP) is 2.47. The van der Waals surface area contributed by atoms with E-state index in [1.807, 2.05) is 10.2 Å². The Bertz CT molecular complexity index is 816. The number of nitro benzene ring substituents is 1. The van der Waals surface area contributed by atoms with Crippen LogP contribution < -0.4 is 15.5 Å². The van der Waals surface area contributed by atoms with E-state index >= 15 is 0 Å². The number of nitrogens with zero attached hydrogens (tertiary/aromatic N) is 2. The van der Waals surface area contributed by atoms with E-state index in [2.05, 4.69) is 19.2 Å². The second kappa shape index (κ2) is 10.0. The predicted molar refractivity (Wildman–Crippen MR) is 110 cm³/mol. The second-order valence-corrected chi connectivity index (χ2v) is 8.06. The molecule has 0 aliphatic carbocycles. The summed E-state index contributed by atoms with van der Waals surface area (Å²) in [4.78, 5) is 48.4. The van der Waals surface area contributed by atoms with Crippen LogP contribution in [0, 0.1) is 22.0 Å². The van der Waals surface area contributed by atoms with Crippen molar-refractivity contribution in [3.63, 3.8) is 0 Å². The molecule has 1 heterocycles. The Morgan fingerprint density at radius 1 is 1.23 bits per heavy atom. The summed E-state index contributed by atoms with van der Waals surface area (Å²) >= 11 is 0. The Labute approximate surface area is 175 Å². The summed E-state index contributed by atoms with van der Waals surface area (Å²) in [6, 6.07) is 3.28. The smallest absolute Gasteiger partial charge is 0.338 e. The molecule has 10 nitrogen and oxygen atoms in total. The fourth-order valence-corrected chi connectivity index (χ4v) is 3.60. The van der Waals surface area contributed by atoms with Gasteiger partial charge in [0.05, 0.1) is 10.5 Å². The fraction of sp³-hybridized carbons (Fsp3) is 0.550. The highest BCUT2D eigenvalue weighted by Gasteiger charge is 2.28. The van der Waals surface area contributed by atoms with Crippen LogP contribution in [0.3, 0.4) is 0 Å². The lowest BCUT2D eigenvalue weighted by molar-refractivity contribution is -0.384. The van der Waals surface area contributed by atoms with Crippen LogP contribution in [0.4, 0.5) is 16.2 Å². The number of nitrogens with one attached hydrogen (secondary N) is 2. The van der Waals surface area contributed by atoms with Gasteiger partial charge in [0.1, 0.15) is 5.69 Å². The average molecular weight is 420 g/mol. The van der Waals surface area contributed by atoms with Gasteiger partial charge in [0.15, 0.2) is 6.61 Å². The Morgan fingerprint density at radius 3 is 2.43 bits per heavy atom. The van der Waals surface area contributed by atoms with Gasteiger partial charge in [0.25, 0.3) is 11.6 Å². The van der Waals surface area contributed by atoms with Crippen molar-refractivity contribution >= 4 is 29.3 Å². The first-order chi connectivity index (χ1) is 14.1. The number of anilines is 1. The van der Waals surface area contributed by atoms with Gasteiger partial charge in [-0.25, -0.2) is 9.59 Å². The van der Waals surface area contributed by atoms with Crippen LogP contribution >= 0.6 is 0 Å². The molecule has 0 aromatic heterocycles. The van der Waals surface area contributed by atoms with E-state index in [0.717, 1.165) is 12.5 Å². The van der Waals surface area contributed by atoms with Crippen molar-refractivity contribution in [2.45, 2.75) is 40.2 Å². The minimum absolute atomic E-state index is 0.0389. The van der Waals surface area contributed by atoms with Gasteiger partial charge in [-0.3, -0.25) is 20.2 Å². The molecule has 30 heavy (non-hydrogen) atoms. The highest BCUT2D eigenvalue weighted by molar-refractivity contribution is 5.97. The lowest BCUT2D eigenvalue weighted by Gasteiger charge is -2.36. The molecule has 2 N–H and O–H groups in total. The minimum atomic E-state index is -0.885. The molecule has 0 bridgehead atoms. The van der Waals surface area contributed by atoms with Crippen molar-refractivity contribution < 1.29 is 24.0 Å². The highest BCUT2D eigenvalue weighted by atomic mass is 16.6. The van der Waals surface area contributed by atoms with Crippen LogP contribution in [0.1, 0.15) is 44.5 Å². The summed E-state index contributed by atoms with van der Waals surface area (Å²) in [6.45, 7) is 8.39. The number of rotatable bonds is 6. The van der Waals surface area contributed by atoms with Crippen LogP contribution in [0.5, 0.6) is 0 Å². The molecule has 1 aromatic carbocycles. The molecule has 1 saturated heterocycles. The maximum Gasteiger partial charge on any atom is 0.338 e. The molecule has 0 spiro atoms. The molecule has 2 rings (SSSR count). The molecule has 3 amide bonds. The maximum absolute atomic E-state index is 12.2. The van der Waals surface area contributed by atoms with Crippen LogP contribution in [-0.4, -0.2) is 48.6 Å². The van der Waals surface area contributed by atoms with Gasteiger partial charge in [-0.2, -0.15) is 0 Å². The number of carbonyl (C=O) groups is 3. The van der Waals surface area contributed by atoms with Gasteiger partial charge >= 0.3 is 12.0 Å². The summed E-state index contributed by atoms with van der Waals surface area (Å²) in [5.41, 5.74) is 0.229. The first-order valence-corrected chi connectivity index (χ1v) is 9.87. The number of imide groups is 1. The fourth-order valence-electron chi connectivity index (χ4n) is 3.60. The Morgan fingerprint density at radius 2 is 1.87 bits per heavy atom. The molecular formula is C20H28N4O6. The molecule has 1 fully saturated rings. The van der Waals surface area contributed by atoms with Gasteiger partial charge in [-0.05, 0) is 44.2 Å². The second-order valence-electron chi connectivity index (χ2n) is 8.06. The average Bonchev–Trinajstić information content (AvgIpc) is 2.64. The first-order valence-electron chi connectivity index (χ1n) is 9.87. The molecule has 0 saturated carbocycles. The van der Waals surface area contributed by atoms with Crippen molar-refractivity contribution in [1.82, 2.24) is 10.6 Å². The Kier molecular flexibility index (Phi) is 7.73. The third kappa shape index (κ3) is 6.43. The molecule has 164 valence electrons. The number of hydrogen-bond donors (Lipinski definition) is 2. The van der Waals surface area contributed by atoms with Crippen molar-refractivity contribution in [2.24, 2.45) is 11.8 Å². The van der Waals surface area contributed by atoms with E-state index in [4.69, 9.17) is 4.74 Å². The van der Waals surface area contributed by atoms with Crippen LogP contribution in [0.25, 0.3) is 0 Å². The molecule has 1 aliphatic rings. The standard InChI is InChI=1S/C20H28N4O6/c1-12(2)21-20(27)22-18(25)11-30-19(26)15-5-6-16(17(8-15)24(28)29)23-9-13(3)7-14(4)10-23/h5-6,8,12-14H,7,9-11H2,1-4H3,(H2,21,22,25,27). The van der Waals surface area contributed by atoms with E-state index in [-0.39, 0.29) is 17.3 Å². The number of esters is 1. The van der Waals surface area contributed by atoms with Crippen molar-refractivity contribution in [1.29, 1.82) is 0 Å². The first kappa shape index (κ1) is 23.1. The molecule has 10 heteroatoms. The van der Waals surface area contributed by atoms with Crippen molar-refractivity contribution in [3.05, 3.63) is 33.9 Å². The molecular weight excluding hydrogens is 392 g/mol. The van der Waals surface area contributed by atoms with E-state index in [0.29, 0.717) is 30.6 Å². The van der Waals surface area contributed by atoms with E-state index < -0.39 is 29.4 Å². The largest absolute Gasteiger partial charge is 0.452 e. The zero-order chi connectivity index (χ0) is 22.4. The van der Waals surface area contributed by atoms with Crippen molar-refractivity contribution in [2.75, 3.05) is 24.6 Å². The third-order valence-corrected chi connectivity index (χ3v) is 4.62. The van der Waals surface area contributed by atoms with Crippen LogP contribution in [-0.2, 0) is 9.53 Å². The SMILES string of the molecule is CC1CC(C)CN(c2ccc(C(=O)OCC(=O)NC(=O)NC(C)C)cc2[N+](=O)[O-])C1. The monoisotopic (exact) mass is 420 g/mol. The number of benzene rings is 1. The highest BCUT2D eigenvalue weighted by Crippen LogP contribution is 2.34. The number of piperidine rings is 1. The Hall–Kier alpha value is -3.17. The molecule has 2 atom stereocenters. The number of hydrogen-bond acceptors (Lipinski definition) is 7. The van der Waals surface area contributed by atoms with E-state index in [9.17, 15) is 24.5 Å². The molecule has 1 aliphatic heterocycles. The normalized spacial score (nSPS) is 18.6. The van der Waals surface area contributed by atoms with Crippen LogP contribution in [0.2, 0.25) is 0 Å². The number of amides is 3. The number of urea groups is 1. The summed E-state index contributed by atoms with van der Waals surface area (Å²) < 4.78 is 4.88. The topological polar surface area (TPSA) is 131 Å². The number of nitro groups is 1. The van der Waals surface area contributed by atoms with Gasteiger partial charge in [0.2, 0.25) is 0 Å². The van der Waals surface area contributed by atoms with Gasteiger partial charge in [-0.15, -0.1) is 0 Å². The summed E-state index contributed by atoms with van der Waals surface area (Å²) in [5.74, 6) is -0.873. The molecule has 0 radical (unpaired) electrons. The summed E-state index contributed by atoms with van der Waals surface area (Å²) in [6.07, 6.45) is 1.06.